The Morgan fingerprint density at radius 3 is 2.05 bits per heavy atom. The van der Waals surface area contributed by atoms with Gasteiger partial charge in [0.1, 0.15) is 11.5 Å². The van der Waals surface area contributed by atoms with Gasteiger partial charge in [0.25, 0.3) is 0 Å². The number of Topliss-reactive ketones (excluding diaryl/α,β-unsaturated/α-hetero) is 2. The highest BCUT2D eigenvalue weighted by molar-refractivity contribution is 6.09. The zero-order valence-corrected chi connectivity index (χ0v) is 11.0. The van der Waals surface area contributed by atoms with Crippen molar-refractivity contribution in [1.82, 2.24) is 0 Å². The van der Waals surface area contributed by atoms with Crippen LogP contribution in [0.4, 0.5) is 0 Å². The van der Waals surface area contributed by atoms with Crippen LogP contribution in [0.25, 0.3) is 0 Å². The molecule has 0 spiro atoms. The lowest BCUT2D eigenvalue weighted by molar-refractivity contribution is 0.104. The van der Waals surface area contributed by atoms with Crippen molar-refractivity contribution in [2.45, 2.75) is 0 Å². The molecule has 0 aliphatic carbocycles. The van der Waals surface area contributed by atoms with E-state index in [4.69, 9.17) is 17.6 Å². The molecule has 0 atom stereocenters. The molecular weight excluding hydrogens is 264 g/mol. The molecule has 2 aromatic rings. The molecule has 0 N–H and O–H groups in total. The van der Waals surface area contributed by atoms with Crippen LogP contribution in [-0.4, -0.2) is 11.6 Å². The average molecular weight is 274 g/mol. The van der Waals surface area contributed by atoms with Gasteiger partial charge < -0.3 is 4.74 Å². The Morgan fingerprint density at radius 2 is 1.43 bits per heavy atom. The van der Waals surface area contributed by atoms with Gasteiger partial charge in [-0.2, -0.15) is 0 Å². The van der Waals surface area contributed by atoms with Gasteiger partial charge in [-0.25, -0.2) is 0 Å². The van der Waals surface area contributed by atoms with E-state index in [2.05, 4.69) is 0 Å². The lowest BCUT2D eigenvalue weighted by Gasteiger charge is -2.06. The Hall–Kier alpha value is -3.30. The summed E-state index contributed by atoms with van der Waals surface area (Å²) in [4.78, 5) is 22.7. The Labute approximate surface area is 122 Å². The van der Waals surface area contributed by atoms with Gasteiger partial charge in [-0.15, -0.1) is 12.8 Å². The quantitative estimate of drug-likeness (QED) is 0.489. The highest BCUT2D eigenvalue weighted by Gasteiger charge is 2.05. The standard InChI is InChI=1S/C18H10O3/c1-3-17(19)13-8-10-15(11-9-13)21-16-7-5-6-14(12-16)18(20)4-2/h1-2,5-12H. The minimum atomic E-state index is -0.407. The minimum Gasteiger partial charge on any atom is -0.457 e. The monoisotopic (exact) mass is 274 g/mol. The molecule has 0 fully saturated rings. The van der Waals surface area contributed by atoms with E-state index in [-0.39, 0.29) is 5.78 Å². The molecule has 0 saturated heterocycles. The lowest BCUT2D eigenvalue weighted by Crippen LogP contribution is -1.96. The van der Waals surface area contributed by atoms with Crippen molar-refractivity contribution >= 4 is 11.6 Å². The third kappa shape index (κ3) is 3.37. The number of carbonyl (C=O) groups is 2. The van der Waals surface area contributed by atoms with E-state index in [1.165, 1.54) is 0 Å². The highest BCUT2D eigenvalue weighted by atomic mass is 16.5. The van der Waals surface area contributed by atoms with E-state index >= 15 is 0 Å². The molecule has 2 rings (SSSR count). The van der Waals surface area contributed by atoms with Crippen molar-refractivity contribution in [3.8, 4) is 36.2 Å². The van der Waals surface area contributed by atoms with Crippen LogP contribution < -0.4 is 4.74 Å². The molecule has 0 aromatic heterocycles. The van der Waals surface area contributed by atoms with Crippen molar-refractivity contribution in [3.05, 3.63) is 59.7 Å². The summed E-state index contributed by atoms with van der Waals surface area (Å²) < 4.78 is 5.60. The number of ether oxygens (including phenoxy) is 1. The fourth-order valence-electron chi connectivity index (χ4n) is 1.68. The molecule has 0 bridgehead atoms. The third-order valence-corrected chi connectivity index (χ3v) is 2.71. The minimum absolute atomic E-state index is 0.383. The summed E-state index contributed by atoms with van der Waals surface area (Å²) in [5.41, 5.74) is 0.801. The van der Waals surface area contributed by atoms with Gasteiger partial charge in [0.2, 0.25) is 11.6 Å². The second-order valence-corrected chi connectivity index (χ2v) is 4.10. The molecule has 0 unspecified atom stereocenters. The predicted octanol–water partition coefficient (Wildman–Crippen LogP) is 3.11. The lowest BCUT2D eigenvalue weighted by atomic mass is 10.1. The zero-order chi connectivity index (χ0) is 15.2. The van der Waals surface area contributed by atoms with Crippen molar-refractivity contribution in [1.29, 1.82) is 0 Å². The molecule has 3 heteroatoms. The summed E-state index contributed by atoms with van der Waals surface area (Å²) >= 11 is 0. The van der Waals surface area contributed by atoms with Crippen LogP contribution in [0.3, 0.4) is 0 Å². The smallest absolute Gasteiger partial charge is 0.235 e. The second-order valence-electron chi connectivity index (χ2n) is 4.10. The summed E-state index contributed by atoms with van der Waals surface area (Å²) in [6, 6.07) is 13.0. The normalized spacial score (nSPS) is 9.24. The topological polar surface area (TPSA) is 43.4 Å². The number of terminal acetylenes is 2. The van der Waals surface area contributed by atoms with E-state index in [0.29, 0.717) is 22.6 Å². The number of benzene rings is 2. The van der Waals surface area contributed by atoms with Gasteiger partial charge in [0.15, 0.2) is 0 Å². The number of hydrogen-bond donors (Lipinski definition) is 0. The molecule has 0 aliphatic rings. The first kappa shape index (κ1) is 14.1. The fourth-order valence-corrected chi connectivity index (χ4v) is 1.68. The Balaban J connectivity index is 2.19. The Bertz CT molecular complexity index is 771. The third-order valence-electron chi connectivity index (χ3n) is 2.71. The van der Waals surface area contributed by atoms with Crippen molar-refractivity contribution in [2.24, 2.45) is 0 Å². The first-order chi connectivity index (χ1) is 10.1. The molecule has 3 nitrogen and oxygen atoms in total. The van der Waals surface area contributed by atoms with Crippen molar-refractivity contribution in [2.75, 3.05) is 0 Å². The molecule has 2 aromatic carbocycles. The number of rotatable bonds is 4. The van der Waals surface area contributed by atoms with E-state index in [1.807, 2.05) is 11.8 Å². The summed E-state index contributed by atoms with van der Waals surface area (Å²) in [5.74, 6) is 4.30. The molecule has 0 amide bonds. The maximum atomic E-state index is 11.4. The van der Waals surface area contributed by atoms with Gasteiger partial charge in [-0.05, 0) is 48.2 Å². The first-order valence-electron chi connectivity index (χ1n) is 6.04. The highest BCUT2D eigenvalue weighted by Crippen LogP contribution is 2.22. The summed E-state index contributed by atoms with van der Waals surface area (Å²) in [7, 11) is 0. The van der Waals surface area contributed by atoms with Gasteiger partial charge in [-0.3, -0.25) is 9.59 Å². The van der Waals surface area contributed by atoms with Gasteiger partial charge in [0.05, 0.1) is 0 Å². The largest absolute Gasteiger partial charge is 0.457 e. The maximum Gasteiger partial charge on any atom is 0.235 e. The van der Waals surface area contributed by atoms with E-state index in [1.54, 1.807) is 48.5 Å². The van der Waals surface area contributed by atoms with Crippen LogP contribution in [0, 0.1) is 24.7 Å². The van der Waals surface area contributed by atoms with Crippen molar-refractivity contribution < 1.29 is 14.3 Å². The van der Waals surface area contributed by atoms with E-state index in [9.17, 15) is 9.59 Å². The van der Waals surface area contributed by atoms with E-state index < -0.39 is 5.78 Å². The predicted molar refractivity (Wildman–Crippen MR) is 79.3 cm³/mol. The fraction of sp³-hybridized carbons (Fsp3) is 0. The van der Waals surface area contributed by atoms with Gasteiger partial charge in [0, 0.05) is 11.1 Å². The van der Waals surface area contributed by atoms with Crippen LogP contribution in [-0.2, 0) is 0 Å². The van der Waals surface area contributed by atoms with Crippen LogP contribution in [0.5, 0.6) is 11.5 Å². The van der Waals surface area contributed by atoms with Crippen LogP contribution in [0.1, 0.15) is 20.7 Å². The van der Waals surface area contributed by atoms with Gasteiger partial charge in [-0.1, -0.05) is 12.1 Å². The average Bonchev–Trinajstić information content (AvgIpc) is 2.54. The molecule has 0 radical (unpaired) electrons. The number of carbonyl (C=O) groups excluding carboxylic acids is 2. The second kappa shape index (κ2) is 6.23. The van der Waals surface area contributed by atoms with Crippen molar-refractivity contribution in [3.63, 3.8) is 0 Å². The van der Waals surface area contributed by atoms with Crippen LogP contribution >= 0.6 is 0 Å². The number of ketones is 2. The summed E-state index contributed by atoms with van der Waals surface area (Å²) in [5, 5.41) is 0. The van der Waals surface area contributed by atoms with Crippen LogP contribution in [0.15, 0.2) is 48.5 Å². The molecule has 21 heavy (non-hydrogen) atoms. The molecular formula is C18H10O3. The summed E-state index contributed by atoms with van der Waals surface area (Å²) in [6.45, 7) is 0. The Morgan fingerprint density at radius 1 is 0.810 bits per heavy atom. The first-order valence-corrected chi connectivity index (χ1v) is 6.04. The molecule has 0 aliphatic heterocycles. The van der Waals surface area contributed by atoms with Gasteiger partial charge >= 0.3 is 0 Å². The molecule has 0 saturated carbocycles. The SMILES string of the molecule is C#CC(=O)c1ccc(Oc2cccc(C(=O)C#C)c2)cc1. The Kier molecular flexibility index (Phi) is 4.19. The molecule has 0 heterocycles. The zero-order valence-electron chi connectivity index (χ0n) is 11.0. The molecule has 100 valence electrons. The maximum absolute atomic E-state index is 11.4. The van der Waals surface area contributed by atoms with E-state index in [0.717, 1.165) is 0 Å². The summed E-state index contributed by atoms with van der Waals surface area (Å²) in [6.07, 6.45) is 10.1. The number of hydrogen-bond acceptors (Lipinski definition) is 3. The van der Waals surface area contributed by atoms with Crippen LogP contribution in [0.2, 0.25) is 0 Å².